The number of nitrogens with zero attached hydrogens (tertiary/aromatic N) is 1. The van der Waals surface area contributed by atoms with Crippen LogP contribution in [0.3, 0.4) is 0 Å². The summed E-state index contributed by atoms with van der Waals surface area (Å²) in [5, 5.41) is 6.80. The lowest BCUT2D eigenvalue weighted by Crippen LogP contribution is -2.15. The van der Waals surface area contributed by atoms with E-state index in [0.717, 1.165) is 0 Å². The lowest BCUT2D eigenvalue weighted by molar-refractivity contribution is 0.101. The van der Waals surface area contributed by atoms with Crippen molar-refractivity contribution in [1.29, 1.82) is 0 Å². The van der Waals surface area contributed by atoms with Gasteiger partial charge in [0.15, 0.2) is 11.5 Å². The molecule has 0 aliphatic rings. The molecule has 0 atom stereocenters. The van der Waals surface area contributed by atoms with Gasteiger partial charge in [-0.3, -0.25) is 9.52 Å². The third-order valence-electron chi connectivity index (χ3n) is 4.01. The lowest BCUT2D eigenvalue weighted by Gasteiger charge is -2.10. The van der Waals surface area contributed by atoms with E-state index in [-0.39, 0.29) is 16.3 Å². The summed E-state index contributed by atoms with van der Waals surface area (Å²) in [5.74, 6) is 0.174. The van der Waals surface area contributed by atoms with Gasteiger partial charge in [0, 0.05) is 22.5 Å². The summed E-state index contributed by atoms with van der Waals surface area (Å²) >= 11 is 5.82. The second kappa shape index (κ2) is 8.05. The van der Waals surface area contributed by atoms with Crippen molar-refractivity contribution in [1.82, 2.24) is 5.16 Å². The number of carbonyl (C=O) groups is 1. The zero-order chi connectivity index (χ0) is 21.1. The maximum atomic E-state index is 12.6. The molecule has 1 amide bonds. The van der Waals surface area contributed by atoms with Gasteiger partial charge >= 0.3 is 0 Å². The van der Waals surface area contributed by atoms with Gasteiger partial charge in [0.2, 0.25) is 5.76 Å². The molecule has 2 aromatic carbocycles. The Morgan fingerprint density at radius 1 is 0.933 bits per heavy atom. The highest BCUT2D eigenvalue weighted by Gasteiger charge is 2.18. The topological polar surface area (TPSA) is 114 Å². The third-order valence-corrected chi connectivity index (χ3v) is 5.64. The summed E-state index contributed by atoms with van der Waals surface area (Å²) in [6.07, 6.45) is 1.47. The predicted octanol–water partition coefficient (Wildman–Crippen LogP) is 4.64. The van der Waals surface area contributed by atoms with Gasteiger partial charge in [-0.15, -0.1) is 0 Å². The molecule has 0 unspecified atom stereocenters. The van der Waals surface area contributed by atoms with E-state index in [9.17, 15) is 13.2 Å². The van der Waals surface area contributed by atoms with Gasteiger partial charge < -0.3 is 14.3 Å². The Morgan fingerprint density at radius 3 is 2.47 bits per heavy atom. The Balaban J connectivity index is 1.50. The highest BCUT2D eigenvalue weighted by molar-refractivity contribution is 7.92. The van der Waals surface area contributed by atoms with Crippen molar-refractivity contribution >= 4 is 38.9 Å². The zero-order valence-electron chi connectivity index (χ0n) is 15.2. The second-order valence-corrected chi connectivity index (χ2v) is 8.27. The van der Waals surface area contributed by atoms with Crippen LogP contribution in [0.4, 0.5) is 11.4 Å². The van der Waals surface area contributed by atoms with Gasteiger partial charge in [0.1, 0.15) is 0 Å². The second-order valence-electron chi connectivity index (χ2n) is 6.15. The fourth-order valence-corrected chi connectivity index (χ4v) is 3.82. The van der Waals surface area contributed by atoms with Crippen molar-refractivity contribution in [2.45, 2.75) is 4.90 Å². The number of anilines is 2. The van der Waals surface area contributed by atoms with Crippen LogP contribution in [0.15, 0.2) is 86.8 Å². The van der Waals surface area contributed by atoms with Crippen LogP contribution in [0.2, 0.25) is 5.02 Å². The molecule has 0 fully saturated rings. The third kappa shape index (κ3) is 4.37. The molecular weight excluding hydrogens is 430 g/mol. The maximum absolute atomic E-state index is 12.6. The van der Waals surface area contributed by atoms with E-state index >= 15 is 0 Å². The van der Waals surface area contributed by atoms with E-state index < -0.39 is 15.9 Å². The van der Waals surface area contributed by atoms with E-state index in [1.807, 2.05) is 0 Å². The highest BCUT2D eigenvalue weighted by atomic mass is 35.5. The van der Waals surface area contributed by atoms with Gasteiger partial charge in [-0.25, -0.2) is 8.42 Å². The normalized spacial score (nSPS) is 11.2. The van der Waals surface area contributed by atoms with E-state index in [4.69, 9.17) is 20.5 Å². The largest absolute Gasteiger partial charge is 0.461 e. The number of nitrogens with one attached hydrogen (secondary N) is 2. The van der Waals surface area contributed by atoms with Gasteiger partial charge in [0.25, 0.3) is 15.9 Å². The Kier molecular flexibility index (Phi) is 5.30. The van der Waals surface area contributed by atoms with Crippen molar-refractivity contribution in [2.75, 3.05) is 10.0 Å². The van der Waals surface area contributed by atoms with Crippen molar-refractivity contribution in [2.24, 2.45) is 0 Å². The Morgan fingerprint density at radius 2 is 1.73 bits per heavy atom. The molecule has 4 rings (SSSR count). The average Bonchev–Trinajstić information content (AvgIpc) is 3.41. The zero-order valence-corrected chi connectivity index (χ0v) is 16.8. The minimum absolute atomic E-state index is 0.0216. The molecule has 10 heteroatoms. The predicted molar refractivity (Wildman–Crippen MR) is 111 cm³/mol. The van der Waals surface area contributed by atoms with Gasteiger partial charge in [0.05, 0.1) is 11.2 Å². The number of hydrogen-bond acceptors (Lipinski definition) is 6. The molecule has 0 bridgehead atoms. The fourth-order valence-electron chi connectivity index (χ4n) is 2.59. The smallest absolute Gasteiger partial charge is 0.277 e. The number of carbonyl (C=O) groups excluding carboxylic acids is 1. The highest BCUT2D eigenvalue weighted by Crippen LogP contribution is 2.23. The number of hydrogen-bond donors (Lipinski definition) is 2. The van der Waals surface area contributed by atoms with Crippen LogP contribution >= 0.6 is 11.6 Å². The standard InChI is InChI=1S/C20H14ClN3O5S/c21-13-6-8-14(9-7-13)24-30(26,27)16-4-1-3-15(11-16)22-20(25)17-12-19(29-23-17)18-5-2-10-28-18/h1-12,24H,(H,22,25). The molecule has 30 heavy (non-hydrogen) atoms. The van der Waals surface area contributed by atoms with Crippen LogP contribution in [0.1, 0.15) is 10.5 Å². The molecule has 2 aromatic heterocycles. The van der Waals surface area contributed by atoms with Crippen molar-refractivity contribution in [3.8, 4) is 11.5 Å². The van der Waals surface area contributed by atoms with Crippen LogP contribution in [0.5, 0.6) is 0 Å². The number of rotatable bonds is 6. The summed E-state index contributed by atoms with van der Waals surface area (Å²) in [6.45, 7) is 0. The monoisotopic (exact) mass is 443 g/mol. The average molecular weight is 444 g/mol. The van der Waals surface area contributed by atoms with Crippen LogP contribution in [0.25, 0.3) is 11.5 Å². The Bertz CT molecular complexity index is 1280. The number of halogens is 1. The molecule has 2 heterocycles. The summed E-state index contributed by atoms with van der Waals surface area (Å²) in [5.41, 5.74) is 0.664. The van der Waals surface area contributed by atoms with Crippen LogP contribution in [-0.2, 0) is 10.0 Å². The molecule has 0 aliphatic heterocycles. The van der Waals surface area contributed by atoms with E-state index in [2.05, 4.69) is 15.2 Å². The summed E-state index contributed by atoms with van der Waals surface area (Å²) in [6, 6.07) is 16.9. The first-order valence-electron chi connectivity index (χ1n) is 8.61. The molecule has 4 aromatic rings. The molecule has 0 spiro atoms. The number of amides is 1. The van der Waals surface area contributed by atoms with Gasteiger partial charge in [-0.05, 0) is 54.6 Å². The molecule has 0 saturated heterocycles. The van der Waals surface area contributed by atoms with Gasteiger partial charge in [-0.2, -0.15) is 0 Å². The molecule has 0 aliphatic carbocycles. The first kappa shape index (κ1) is 19.7. The molecule has 2 N–H and O–H groups in total. The first-order chi connectivity index (χ1) is 14.4. The minimum Gasteiger partial charge on any atom is -0.461 e. The summed E-state index contributed by atoms with van der Waals surface area (Å²) in [4.78, 5) is 12.4. The van der Waals surface area contributed by atoms with Crippen molar-refractivity contribution in [3.63, 3.8) is 0 Å². The lowest BCUT2D eigenvalue weighted by atomic mass is 10.3. The van der Waals surface area contributed by atoms with E-state index in [1.165, 1.54) is 30.5 Å². The number of sulfonamides is 1. The maximum Gasteiger partial charge on any atom is 0.277 e. The summed E-state index contributed by atoms with van der Waals surface area (Å²) in [7, 11) is -3.87. The fraction of sp³-hybridized carbons (Fsp3) is 0. The van der Waals surface area contributed by atoms with Crippen LogP contribution < -0.4 is 10.0 Å². The number of furan rings is 1. The number of benzene rings is 2. The van der Waals surface area contributed by atoms with Gasteiger partial charge in [-0.1, -0.05) is 22.8 Å². The SMILES string of the molecule is O=C(Nc1cccc(S(=O)(=O)Nc2ccc(Cl)cc2)c1)c1cc(-c2ccco2)on1. The van der Waals surface area contributed by atoms with Crippen molar-refractivity contribution < 1.29 is 22.2 Å². The van der Waals surface area contributed by atoms with Crippen LogP contribution in [0, 0.1) is 0 Å². The number of aromatic nitrogens is 1. The quantitative estimate of drug-likeness (QED) is 0.448. The molecule has 152 valence electrons. The Labute approximate surface area is 176 Å². The summed E-state index contributed by atoms with van der Waals surface area (Å²) < 4.78 is 38.0. The molecular formula is C20H14ClN3O5S. The molecule has 8 nitrogen and oxygen atoms in total. The first-order valence-corrected chi connectivity index (χ1v) is 10.5. The van der Waals surface area contributed by atoms with Crippen molar-refractivity contribution in [3.05, 3.63) is 83.7 Å². The Hall–Kier alpha value is -3.56. The molecule has 0 saturated carbocycles. The van der Waals surface area contributed by atoms with Crippen LogP contribution in [-0.4, -0.2) is 19.5 Å². The van der Waals surface area contributed by atoms with E-state index in [0.29, 0.717) is 22.2 Å². The van der Waals surface area contributed by atoms with E-state index in [1.54, 1.807) is 42.5 Å². The minimum atomic E-state index is -3.87. The molecule has 0 radical (unpaired) electrons.